The van der Waals surface area contributed by atoms with Gasteiger partial charge in [0.25, 0.3) is 0 Å². The lowest BCUT2D eigenvalue weighted by Gasteiger charge is -2.05. The summed E-state index contributed by atoms with van der Waals surface area (Å²) in [6, 6.07) is 9.72. The van der Waals surface area contributed by atoms with Crippen LogP contribution in [0.3, 0.4) is 0 Å². The molecule has 102 valence electrons. The van der Waals surface area contributed by atoms with Crippen molar-refractivity contribution in [2.24, 2.45) is 0 Å². The van der Waals surface area contributed by atoms with Gasteiger partial charge in [0.2, 0.25) is 0 Å². The summed E-state index contributed by atoms with van der Waals surface area (Å²) < 4.78 is 5.38. The zero-order valence-corrected chi connectivity index (χ0v) is 10.1. The third-order valence-corrected chi connectivity index (χ3v) is 2.46. The Bertz CT molecular complexity index is 669. The second-order valence-electron chi connectivity index (χ2n) is 3.84. The van der Waals surface area contributed by atoms with Gasteiger partial charge in [0.15, 0.2) is 0 Å². The number of anilines is 1. The van der Waals surface area contributed by atoms with E-state index in [2.05, 4.69) is 0 Å². The van der Waals surface area contributed by atoms with E-state index in [1.165, 1.54) is 6.07 Å². The normalized spacial score (nSPS) is 10.0. The van der Waals surface area contributed by atoms with E-state index in [9.17, 15) is 20.2 Å². The lowest BCUT2D eigenvalue weighted by molar-refractivity contribution is -0.422. The maximum atomic E-state index is 10.8. The summed E-state index contributed by atoms with van der Waals surface area (Å²) in [5, 5.41) is 21.5. The smallest absolute Gasteiger partial charge is 0.349 e. The highest BCUT2D eigenvalue weighted by molar-refractivity contribution is 5.56. The molecule has 2 aromatic carbocycles. The first kappa shape index (κ1) is 13.3. The van der Waals surface area contributed by atoms with Crippen molar-refractivity contribution in [3.05, 3.63) is 62.7 Å². The first-order valence-corrected chi connectivity index (χ1v) is 5.43. The molecule has 2 N–H and O–H groups in total. The van der Waals surface area contributed by atoms with E-state index >= 15 is 0 Å². The second kappa shape index (κ2) is 5.22. The Kier molecular flexibility index (Phi) is 3.47. The molecular weight excluding hydrogens is 266 g/mol. The molecule has 0 fully saturated rings. The molecule has 0 heterocycles. The van der Waals surface area contributed by atoms with Crippen LogP contribution < -0.4 is 10.5 Å². The molecule has 0 saturated heterocycles. The summed E-state index contributed by atoms with van der Waals surface area (Å²) in [6.07, 6.45) is 0. The number of hydrogen-bond donors (Lipinski definition) is 1. The minimum atomic E-state index is -0.825. The Labute approximate surface area is 112 Å². The van der Waals surface area contributed by atoms with Crippen LogP contribution in [-0.2, 0) is 0 Å². The van der Waals surface area contributed by atoms with Crippen molar-refractivity contribution >= 4 is 17.1 Å². The zero-order chi connectivity index (χ0) is 14.7. The first-order valence-electron chi connectivity index (χ1n) is 5.43. The highest BCUT2D eigenvalue weighted by atomic mass is 16.6. The standard InChI is InChI=1S/C12H9N3O5/c13-8-1-3-9(4-2-8)20-10-5-6-11(14(16)17)12(7-10)15(18)19/h1-7H,13H2. The Morgan fingerprint density at radius 2 is 1.40 bits per heavy atom. The molecule has 0 aliphatic heterocycles. The fourth-order valence-electron chi connectivity index (χ4n) is 1.54. The van der Waals surface area contributed by atoms with Crippen molar-refractivity contribution in [2.75, 3.05) is 5.73 Å². The minimum absolute atomic E-state index is 0.132. The molecule has 8 nitrogen and oxygen atoms in total. The Balaban J connectivity index is 2.34. The number of nitro groups is 2. The predicted octanol–water partition coefficient (Wildman–Crippen LogP) is 2.88. The number of nitro benzene ring substituents is 2. The van der Waals surface area contributed by atoms with Gasteiger partial charge in [-0.05, 0) is 30.3 Å². The van der Waals surface area contributed by atoms with E-state index in [1.807, 2.05) is 0 Å². The van der Waals surface area contributed by atoms with Gasteiger partial charge in [-0.3, -0.25) is 20.2 Å². The molecule has 2 rings (SSSR count). The van der Waals surface area contributed by atoms with E-state index in [4.69, 9.17) is 10.5 Å². The molecule has 0 radical (unpaired) electrons. The topological polar surface area (TPSA) is 122 Å². The predicted molar refractivity (Wildman–Crippen MR) is 70.7 cm³/mol. The SMILES string of the molecule is Nc1ccc(Oc2ccc([N+](=O)[O-])c([N+](=O)[O-])c2)cc1. The summed E-state index contributed by atoms with van der Waals surface area (Å²) in [7, 11) is 0. The zero-order valence-electron chi connectivity index (χ0n) is 10.1. The van der Waals surface area contributed by atoms with Crippen LogP contribution in [0.15, 0.2) is 42.5 Å². The number of rotatable bonds is 4. The van der Waals surface area contributed by atoms with Crippen molar-refractivity contribution < 1.29 is 14.6 Å². The van der Waals surface area contributed by atoms with Crippen LogP contribution in [-0.4, -0.2) is 9.85 Å². The number of nitrogens with zero attached hydrogens (tertiary/aromatic N) is 2. The lowest BCUT2D eigenvalue weighted by Crippen LogP contribution is -1.97. The van der Waals surface area contributed by atoms with E-state index in [0.717, 1.165) is 12.1 Å². The average Bonchev–Trinajstić information content (AvgIpc) is 2.41. The summed E-state index contributed by atoms with van der Waals surface area (Å²) in [5.41, 5.74) is 4.86. The van der Waals surface area contributed by atoms with Crippen LogP contribution >= 0.6 is 0 Å². The molecule has 8 heteroatoms. The molecule has 0 spiro atoms. The largest absolute Gasteiger partial charge is 0.457 e. The van der Waals surface area contributed by atoms with Crippen LogP contribution in [0.4, 0.5) is 17.1 Å². The van der Waals surface area contributed by atoms with Crippen molar-refractivity contribution in [3.63, 3.8) is 0 Å². The van der Waals surface area contributed by atoms with Crippen molar-refractivity contribution in [1.82, 2.24) is 0 Å². The van der Waals surface area contributed by atoms with Gasteiger partial charge < -0.3 is 10.5 Å². The van der Waals surface area contributed by atoms with Crippen molar-refractivity contribution in [3.8, 4) is 11.5 Å². The number of hydrogen-bond acceptors (Lipinski definition) is 6. The van der Waals surface area contributed by atoms with Gasteiger partial charge in [0.05, 0.1) is 15.9 Å². The van der Waals surface area contributed by atoms with E-state index < -0.39 is 21.2 Å². The molecular formula is C12H9N3O5. The van der Waals surface area contributed by atoms with E-state index in [1.54, 1.807) is 24.3 Å². The van der Waals surface area contributed by atoms with Crippen LogP contribution in [0.1, 0.15) is 0 Å². The fourth-order valence-corrected chi connectivity index (χ4v) is 1.54. The fraction of sp³-hybridized carbons (Fsp3) is 0. The molecule has 0 atom stereocenters. The third kappa shape index (κ3) is 2.80. The summed E-state index contributed by atoms with van der Waals surface area (Å²) in [6.45, 7) is 0. The number of benzene rings is 2. The molecule has 0 aliphatic rings. The van der Waals surface area contributed by atoms with Crippen LogP contribution in [0.2, 0.25) is 0 Å². The molecule has 0 aromatic heterocycles. The Morgan fingerprint density at radius 3 is 1.95 bits per heavy atom. The maximum absolute atomic E-state index is 10.8. The van der Waals surface area contributed by atoms with E-state index in [0.29, 0.717) is 11.4 Å². The number of ether oxygens (including phenoxy) is 1. The lowest BCUT2D eigenvalue weighted by atomic mass is 10.2. The monoisotopic (exact) mass is 275 g/mol. The summed E-state index contributed by atoms with van der Waals surface area (Å²) in [4.78, 5) is 19.8. The number of nitrogen functional groups attached to an aromatic ring is 1. The average molecular weight is 275 g/mol. The van der Waals surface area contributed by atoms with Gasteiger partial charge >= 0.3 is 11.4 Å². The summed E-state index contributed by atoms with van der Waals surface area (Å²) in [5.74, 6) is 0.550. The van der Waals surface area contributed by atoms with Gasteiger partial charge in [0.1, 0.15) is 11.5 Å². The minimum Gasteiger partial charge on any atom is -0.457 e. The highest BCUT2D eigenvalue weighted by Gasteiger charge is 2.24. The Hall–Kier alpha value is -3.16. The molecule has 0 amide bonds. The maximum Gasteiger partial charge on any atom is 0.349 e. The molecule has 0 saturated carbocycles. The number of nitrogens with two attached hydrogens (primary N) is 1. The van der Waals surface area contributed by atoms with Crippen LogP contribution in [0, 0.1) is 20.2 Å². The van der Waals surface area contributed by atoms with Crippen LogP contribution in [0.25, 0.3) is 0 Å². The van der Waals surface area contributed by atoms with Gasteiger partial charge in [-0.2, -0.15) is 0 Å². The molecule has 20 heavy (non-hydrogen) atoms. The first-order chi connectivity index (χ1) is 9.47. The summed E-state index contributed by atoms with van der Waals surface area (Å²) >= 11 is 0. The molecule has 0 bridgehead atoms. The van der Waals surface area contributed by atoms with Gasteiger partial charge in [-0.1, -0.05) is 0 Å². The quantitative estimate of drug-likeness (QED) is 0.520. The second-order valence-corrected chi connectivity index (χ2v) is 3.84. The van der Waals surface area contributed by atoms with Crippen molar-refractivity contribution in [2.45, 2.75) is 0 Å². The van der Waals surface area contributed by atoms with Gasteiger partial charge in [-0.25, -0.2) is 0 Å². The van der Waals surface area contributed by atoms with Gasteiger partial charge in [0, 0.05) is 11.8 Å². The van der Waals surface area contributed by atoms with Gasteiger partial charge in [-0.15, -0.1) is 0 Å². The molecule has 2 aromatic rings. The van der Waals surface area contributed by atoms with E-state index in [-0.39, 0.29) is 5.75 Å². The Morgan fingerprint density at radius 1 is 0.850 bits per heavy atom. The van der Waals surface area contributed by atoms with Crippen LogP contribution in [0.5, 0.6) is 11.5 Å². The van der Waals surface area contributed by atoms with Crippen molar-refractivity contribution in [1.29, 1.82) is 0 Å². The molecule has 0 unspecified atom stereocenters. The third-order valence-electron chi connectivity index (χ3n) is 2.46. The highest BCUT2D eigenvalue weighted by Crippen LogP contribution is 2.32. The molecule has 0 aliphatic carbocycles.